The zero-order chi connectivity index (χ0) is 22.5. The van der Waals surface area contributed by atoms with Crippen LogP contribution in [0.4, 0.5) is 4.39 Å². The van der Waals surface area contributed by atoms with Crippen LogP contribution in [0.25, 0.3) is 23.1 Å². The highest BCUT2D eigenvalue weighted by Gasteiger charge is 2.19. The maximum absolute atomic E-state index is 14.0. The Bertz CT molecular complexity index is 1290. The number of nitrogens with zero attached hydrogens (tertiary/aromatic N) is 2. The van der Waals surface area contributed by atoms with E-state index in [0.29, 0.717) is 40.0 Å². The van der Waals surface area contributed by atoms with E-state index in [1.807, 2.05) is 18.2 Å². The number of rotatable bonds is 7. The van der Waals surface area contributed by atoms with Crippen LogP contribution in [-0.2, 0) is 6.54 Å². The number of aromatic amines is 1. The molecule has 2 N–H and O–H groups in total. The van der Waals surface area contributed by atoms with E-state index in [1.54, 1.807) is 42.6 Å². The third-order valence-corrected chi connectivity index (χ3v) is 4.93. The van der Waals surface area contributed by atoms with Gasteiger partial charge >= 0.3 is 0 Å². The Morgan fingerprint density at radius 2 is 2.00 bits per heavy atom. The van der Waals surface area contributed by atoms with Crippen LogP contribution in [0.15, 0.2) is 54.7 Å². The number of nitrogens with one attached hydrogen (secondary N) is 2. The molecular formula is C24H21FN4O3. The molecule has 0 aliphatic heterocycles. The Morgan fingerprint density at radius 3 is 2.72 bits per heavy atom. The van der Waals surface area contributed by atoms with Gasteiger partial charge in [0.2, 0.25) is 0 Å². The number of carbonyl (C=O) groups excluding carboxylic acids is 1. The molecule has 0 radical (unpaired) electrons. The second-order valence-electron chi connectivity index (χ2n) is 6.91. The first-order valence-corrected chi connectivity index (χ1v) is 9.85. The van der Waals surface area contributed by atoms with Crippen molar-refractivity contribution in [2.24, 2.45) is 0 Å². The highest BCUT2D eigenvalue weighted by molar-refractivity contribution is 6.05. The van der Waals surface area contributed by atoms with Crippen LogP contribution in [0.3, 0.4) is 0 Å². The summed E-state index contributed by atoms with van der Waals surface area (Å²) in [5, 5.41) is 10.8. The molecule has 32 heavy (non-hydrogen) atoms. The van der Waals surface area contributed by atoms with E-state index in [1.165, 1.54) is 20.3 Å². The molecule has 1 amide bonds. The number of fused-ring (bicyclic) bond motifs is 1. The molecule has 0 bridgehead atoms. The summed E-state index contributed by atoms with van der Waals surface area (Å²) in [6, 6.07) is 13.6. The van der Waals surface area contributed by atoms with Gasteiger partial charge in [-0.05, 0) is 48.0 Å². The maximum Gasteiger partial charge on any atom is 0.255 e. The SMILES string of the molecule is COc1ccc(C=Cc2n[nH]c3ccc(C(=O)NCc4ccccn4)c(OC)c23)cc1F. The summed E-state index contributed by atoms with van der Waals surface area (Å²) in [6.07, 6.45) is 5.14. The average molecular weight is 432 g/mol. The van der Waals surface area contributed by atoms with Crippen molar-refractivity contribution >= 4 is 29.0 Å². The van der Waals surface area contributed by atoms with Gasteiger partial charge in [-0.3, -0.25) is 14.9 Å². The minimum absolute atomic E-state index is 0.176. The lowest BCUT2D eigenvalue weighted by Gasteiger charge is -2.10. The number of methoxy groups -OCH3 is 2. The Labute approximate surface area is 183 Å². The molecule has 4 rings (SSSR count). The predicted octanol–water partition coefficient (Wildman–Crippen LogP) is 4.21. The molecule has 8 heteroatoms. The molecule has 0 aliphatic rings. The summed E-state index contributed by atoms with van der Waals surface area (Å²) in [4.78, 5) is 17.0. The molecule has 0 saturated heterocycles. The van der Waals surface area contributed by atoms with Gasteiger partial charge in [0, 0.05) is 6.20 Å². The largest absolute Gasteiger partial charge is 0.495 e. The number of H-pyrrole nitrogens is 1. The zero-order valence-electron chi connectivity index (χ0n) is 17.6. The number of halogens is 1. The van der Waals surface area contributed by atoms with Crippen molar-refractivity contribution < 1.29 is 18.7 Å². The van der Waals surface area contributed by atoms with E-state index < -0.39 is 5.82 Å². The van der Waals surface area contributed by atoms with E-state index in [0.717, 1.165) is 5.69 Å². The van der Waals surface area contributed by atoms with Gasteiger partial charge in [-0.1, -0.05) is 18.2 Å². The summed E-state index contributed by atoms with van der Waals surface area (Å²) in [5.74, 6) is -0.167. The molecule has 0 atom stereocenters. The molecule has 0 spiro atoms. The first kappa shape index (κ1) is 21.0. The van der Waals surface area contributed by atoms with E-state index in [4.69, 9.17) is 9.47 Å². The van der Waals surface area contributed by atoms with Crippen molar-refractivity contribution in [2.75, 3.05) is 14.2 Å². The molecular weight excluding hydrogens is 411 g/mol. The molecule has 2 heterocycles. The predicted molar refractivity (Wildman–Crippen MR) is 120 cm³/mol. The average Bonchev–Trinajstić information content (AvgIpc) is 3.24. The Kier molecular flexibility index (Phi) is 6.12. The fourth-order valence-corrected chi connectivity index (χ4v) is 3.35. The van der Waals surface area contributed by atoms with Crippen LogP contribution in [0.1, 0.15) is 27.3 Å². The summed E-state index contributed by atoms with van der Waals surface area (Å²) < 4.78 is 24.5. The Balaban J connectivity index is 1.63. The van der Waals surface area contributed by atoms with Crippen LogP contribution in [0.5, 0.6) is 11.5 Å². The number of hydrogen-bond donors (Lipinski definition) is 2. The normalized spacial score (nSPS) is 11.1. The lowest BCUT2D eigenvalue weighted by atomic mass is 10.1. The van der Waals surface area contributed by atoms with Crippen molar-refractivity contribution in [3.05, 3.63) is 83.1 Å². The van der Waals surface area contributed by atoms with Gasteiger partial charge in [-0.25, -0.2) is 4.39 Å². The zero-order valence-corrected chi connectivity index (χ0v) is 17.6. The van der Waals surface area contributed by atoms with E-state index in [-0.39, 0.29) is 11.7 Å². The van der Waals surface area contributed by atoms with Crippen molar-refractivity contribution in [3.63, 3.8) is 0 Å². The number of hydrogen-bond acceptors (Lipinski definition) is 5. The van der Waals surface area contributed by atoms with E-state index >= 15 is 0 Å². The number of aromatic nitrogens is 3. The first-order valence-electron chi connectivity index (χ1n) is 9.85. The second-order valence-corrected chi connectivity index (χ2v) is 6.91. The number of carbonyl (C=O) groups is 1. The molecule has 0 unspecified atom stereocenters. The minimum Gasteiger partial charge on any atom is -0.495 e. The van der Waals surface area contributed by atoms with Crippen LogP contribution >= 0.6 is 0 Å². The smallest absolute Gasteiger partial charge is 0.255 e. The van der Waals surface area contributed by atoms with Gasteiger partial charge in [0.1, 0.15) is 5.75 Å². The van der Waals surface area contributed by atoms with Crippen LogP contribution < -0.4 is 14.8 Å². The third kappa shape index (κ3) is 4.29. The molecule has 0 saturated carbocycles. The highest BCUT2D eigenvalue weighted by atomic mass is 19.1. The monoisotopic (exact) mass is 432 g/mol. The number of ether oxygens (including phenoxy) is 2. The summed E-state index contributed by atoms with van der Waals surface area (Å²) in [7, 11) is 2.92. The number of amides is 1. The van der Waals surface area contributed by atoms with Gasteiger partial charge < -0.3 is 14.8 Å². The summed E-state index contributed by atoms with van der Waals surface area (Å²) in [6.45, 7) is 0.294. The molecule has 4 aromatic rings. The van der Waals surface area contributed by atoms with E-state index in [9.17, 15) is 9.18 Å². The molecule has 7 nitrogen and oxygen atoms in total. The third-order valence-electron chi connectivity index (χ3n) is 4.93. The van der Waals surface area contributed by atoms with Crippen LogP contribution in [-0.4, -0.2) is 35.3 Å². The van der Waals surface area contributed by atoms with Gasteiger partial charge in [0.15, 0.2) is 11.6 Å². The minimum atomic E-state index is -0.453. The quantitative estimate of drug-likeness (QED) is 0.457. The standard InChI is InChI=1S/C24H21FN4O3/c1-31-21-11-7-15(13-18(21)25)6-9-19-22-20(29-28-19)10-8-17(23(22)32-2)24(30)27-14-16-5-3-4-12-26-16/h3-13H,14H2,1-2H3,(H,27,30)(H,28,29). The lowest BCUT2D eigenvalue weighted by Crippen LogP contribution is -2.23. The molecule has 0 aliphatic carbocycles. The van der Waals surface area contributed by atoms with Gasteiger partial charge in [0.25, 0.3) is 5.91 Å². The molecule has 0 fully saturated rings. The first-order chi connectivity index (χ1) is 15.6. The van der Waals surface area contributed by atoms with Crippen molar-refractivity contribution in [1.29, 1.82) is 0 Å². The van der Waals surface area contributed by atoms with Crippen molar-refractivity contribution in [3.8, 4) is 11.5 Å². The topological polar surface area (TPSA) is 89.1 Å². The van der Waals surface area contributed by atoms with Crippen LogP contribution in [0, 0.1) is 5.82 Å². The Morgan fingerprint density at radius 1 is 1.12 bits per heavy atom. The van der Waals surface area contributed by atoms with E-state index in [2.05, 4.69) is 20.5 Å². The van der Waals surface area contributed by atoms with Gasteiger partial charge in [0.05, 0.1) is 48.6 Å². The highest BCUT2D eigenvalue weighted by Crippen LogP contribution is 2.32. The Hall–Kier alpha value is -4.20. The fraction of sp³-hybridized carbons (Fsp3) is 0.125. The lowest BCUT2D eigenvalue weighted by molar-refractivity contribution is 0.0947. The maximum atomic E-state index is 14.0. The van der Waals surface area contributed by atoms with Crippen molar-refractivity contribution in [2.45, 2.75) is 6.54 Å². The van der Waals surface area contributed by atoms with Crippen LogP contribution in [0.2, 0.25) is 0 Å². The number of pyridine rings is 1. The van der Waals surface area contributed by atoms with Crippen molar-refractivity contribution in [1.82, 2.24) is 20.5 Å². The number of benzene rings is 2. The summed E-state index contributed by atoms with van der Waals surface area (Å²) in [5.41, 5.74) is 3.04. The van der Waals surface area contributed by atoms with Gasteiger partial charge in [-0.2, -0.15) is 5.10 Å². The fourth-order valence-electron chi connectivity index (χ4n) is 3.35. The second kappa shape index (κ2) is 9.30. The summed E-state index contributed by atoms with van der Waals surface area (Å²) >= 11 is 0. The molecule has 162 valence electrons. The molecule has 2 aromatic heterocycles. The van der Waals surface area contributed by atoms with Gasteiger partial charge in [-0.15, -0.1) is 0 Å². The molecule has 2 aromatic carbocycles.